The number of hydrogen-bond donors (Lipinski definition) is 1. The third kappa shape index (κ3) is 1.48. The van der Waals surface area contributed by atoms with Crippen molar-refractivity contribution in [1.29, 1.82) is 0 Å². The van der Waals surface area contributed by atoms with Crippen molar-refractivity contribution >= 4 is 22.9 Å². The minimum absolute atomic E-state index is 0.602. The highest BCUT2D eigenvalue weighted by Gasteiger charge is 2.04. The summed E-state index contributed by atoms with van der Waals surface area (Å²) in [6.45, 7) is 0. The number of rotatable bonds is 2. The van der Waals surface area contributed by atoms with Gasteiger partial charge in [-0.1, -0.05) is 17.7 Å². The van der Waals surface area contributed by atoms with Crippen molar-refractivity contribution in [3.05, 3.63) is 12.7 Å². The summed E-state index contributed by atoms with van der Waals surface area (Å²) in [5.41, 5.74) is 1.53. The summed E-state index contributed by atoms with van der Waals surface area (Å²) in [7, 11) is 0. The van der Waals surface area contributed by atoms with E-state index in [0.717, 1.165) is 10.5 Å². The molecule has 2 aromatic rings. The van der Waals surface area contributed by atoms with E-state index in [1.807, 2.05) is 0 Å². The number of terminal acetylenes is 1. The maximum absolute atomic E-state index is 5.16. The molecule has 2 aromatic heterocycles. The lowest BCUT2D eigenvalue weighted by molar-refractivity contribution is 1.09. The van der Waals surface area contributed by atoms with Crippen LogP contribution in [0.15, 0.2) is 17.7 Å². The van der Waals surface area contributed by atoms with E-state index in [2.05, 4.69) is 25.9 Å². The summed E-state index contributed by atoms with van der Waals surface area (Å²) < 4.78 is 0. The summed E-state index contributed by atoms with van der Waals surface area (Å²) in [5.74, 6) is 3.14. The molecule has 0 bridgehead atoms. The van der Waals surface area contributed by atoms with Crippen molar-refractivity contribution in [3.8, 4) is 12.3 Å². The first kappa shape index (κ1) is 8.08. The van der Waals surface area contributed by atoms with E-state index < -0.39 is 0 Å². The number of imidazole rings is 1. The molecule has 1 N–H and O–H groups in total. The van der Waals surface area contributed by atoms with E-state index >= 15 is 0 Å². The lowest BCUT2D eigenvalue weighted by Gasteiger charge is -1.95. The van der Waals surface area contributed by atoms with Crippen LogP contribution in [0.2, 0.25) is 0 Å². The topological polar surface area (TPSA) is 54.5 Å². The molecule has 2 rings (SSSR count). The fourth-order valence-corrected chi connectivity index (χ4v) is 1.60. The molecule has 0 saturated carbocycles. The lowest BCUT2D eigenvalue weighted by Crippen LogP contribution is -1.86. The number of hydrogen-bond acceptors (Lipinski definition) is 4. The normalized spacial score (nSPS) is 10.1. The fourth-order valence-electron chi connectivity index (χ4n) is 0.962. The van der Waals surface area contributed by atoms with Crippen molar-refractivity contribution in [2.24, 2.45) is 0 Å². The molecular weight excluding hydrogens is 184 g/mol. The molecular formula is C8H6N4S. The van der Waals surface area contributed by atoms with Crippen molar-refractivity contribution in [2.75, 3.05) is 5.75 Å². The summed E-state index contributed by atoms with van der Waals surface area (Å²) >= 11 is 1.50. The zero-order valence-electron chi connectivity index (χ0n) is 6.69. The van der Waals surface area contributed by atoms with Gasteiger partial charge < -0.3 is 4.98 Å². The molecule has 2 heterocycles. The Hall–Kier alpha value is -1.54. The highest BCUT2D eigenvalue weighted by molar-refractivity contribution is 7.99. The molecule has 4 nitrogen and oxygen atoms in total. The highest BCUT2D eigenvalue weighted by atomic mass is 32.2. The number of fused-ring (bicyclic) bond motifs is 1. The maximum atomic E-state index is 5.16. The number of H-pyrrole nitrogens is 1. The van der Waals surface area contributed by atoms with Gasteiger partial charge in [-0.15, -0.1) is 6.42 Å². The molecule has 0 aliphatic carbocycles. The molecule has 64 valence electrons. The average molecular weight is 190 g/mol. The molecule has 0 saturated heterocycles. The molecule has 0 aliphatic heterocycles. The van der Waals surface area contributed by atoms with Crippen LogP contribution in [0.3, 0.4) is 0 Å². The molecule has 0 spiro atoms. The van der Waals surface area contributed by atoms with Gasteiger partial charge in [-0.3, -0.25) is 0 Å². The number of aromatic amines is 1. The van der Waals surface area contributed by atoms with Gasteiger partial charge in [0.25, 0.3) is 0 Å². The fraction of sp³-hybridized carbons (Fsp3) is 0.125. The molecule has 0 fully saturated rings. The summed E-state index contributed by atoms with van der Waals surface area (Å²) in [6.07, 6.45) is 8.24. The minimum Gasteiger partial charge on any atom is -0.341 e. The van der Waals surface area contributed by atoms with Crippen LogP contribution in [0.1, 0.15) is 0 Å². The van der Waals surface area contributed by atoms with Crippen molar-refractivity contribution in [3.63, 3.8) is 0 Å². The number of thioether (sulfide) groups is 1. The molecule has 0 atom stereocenters. The summed E-state index contributed by atoms with van der Waals surface area (Å²) in [5, 5.41) is 0.848. The van der Waals surface area contributed by atoms with E-state index in [9.17, 15) is 0 Å². The van der Waals surface area contributed by atoms with E-state index in [4.69, 9.17) is 6.42 Å². The molecule has 0 radical (unpaired) electrons. The molecule has 0 amide bonds. The Morgan fingerprint density at radius 2 is 2.38 bits per heavy atom. The first-order chi connectivity index (χ1) is 6.42. The number of nitrogens with zero attached hydrogens (tertiary/aromatic N) is 3. The van der Waals surface area contributed by atoms with Gasteiger partial charge in [0, 0.05) is 0 Å². The van der Waals surface area contributed by atoms with Crippen molar-refractivity contribution in [2.45, 2.75) is 5.03 Å². The summed E-state index contributed by atoms with van der Waals surface area (Å²) in [6, 6.07) is 0. The monoisotopic (exact) mass is 190 g/mol. The van der Waals surface area contributed by atoms with E-state index in [-0.39, 0.29) is 0 Å². The van der Waals surface area contributed by atoms with E-state index in [0.29, 0.717) is 11.4 Å². The SMILES string of the molecule is C#CCSc1ncnc2nc[nH]c12. The second kappa shape index (κ2) is 3.46. The average Bonchev–Trinajstić information content (AvgIpc) is 2.62. The highest BCUT2D eigenvalue weighted by Crippen LogP contribution is 2.20. The first-order valence-electron chi connectivity index (χ1n) is 3.62. The van der Waals surface area contributed by atoms with Gasteiger partial charge in [0.2, 0.25) is 0 Å². The number of aromatic nitrogens is 4. The second-order valence-corrected chi connectivity index (χ2v) is 3.24. The Morgan fingerprint density at radius 1 is 1.46 bits per heavy atom. The van der Waals surface area contributed by atoms with Crippen LogP contribution >= 0.6 is 11.8 Å². The van der Waals surface area contributed by atoms with Crippen LogP contribution in [-0.4, -0.2) is 25.7 Å². The van der Waals surface area contributed by atoms with E-state index in [1.165, 1.54) is 18.1 Å². The van der Waals surface area contributed by atoms with Crippen molar-refractivity contribution in [1.82, 2.24) is 19.9 Å². The Morgan fingerprint density at radius 3 is 3.23 bits per heavy atom. The Kier molecular flexibility index (Phi) is 2.15. The first-order valence-corrected chi connectivity index (χ1v) is 4.60. The zero-order chi connectivity index (χ0) is 9.10. The standard InChI is InChI=1S/C8H6N4S/c1-2-3-13-8-6-7(10-4-9-6)11-5-12-8/h1,4-5H,3H2,(H,9,10,11,12). The van der Waals surface area contributed by atoms with Gasteiger partial charge in [-0.2, -0.15) is 0 Å². The van der Waals surface area contributed by atoms with Gasteiger partial charge in [0.05, 0.1) is 12.1 Å². The van der Waals surface area contributed by atoms with E-state index in [1.54, 1.807) is 6.33 Å². The molecule has 0 aliphatic rings. The maximum Gasteiger partial charge on any atom is 0.181 e. The van der Waals surface area contributed by atoms with Gasteiger partial charge in [0.15, 0.2) is 5.65 Å². The molecule has 0 aromatic carbocycles. The van der Waals surface area contributed by atoms with Crippen molar-refractivity contribution < 1.29 is 0 Å². The van der Waals surface area contributed by atoms with Crippen LogP contribution in [0.25, 0.3) is 11.2 Å². The second-order valence-electron chi connectivity index (χ2n) is 2.27. The third-order valence-electron chi connectivity index (χ3n) is 1.48. The predicted molar refractivity (Wildman–Crippen MR) is 51.2 cm³/mol. The lowest BCUT2D eigenvalue weighted by atomic mass is 10.6. The zero-order valence-corrected chi connectivity index (χ0v) is 7.51. The Labute approximate surface area is 79.2 Å². The molecule has 5 heteroatoms. The quantitative estimate of drug-likeness (QED) is 0.437. The smallest absolute Gasteiger partial charge is 0.181 e. The summed E-state index contributed by atoms with van der Waals surface area (Å²) in [4.78, 5) is 15.1. The number of nitrogens with one attached hydrogen (secondary N) is 1. The Balaban J connectivity index is 2.44. The predicted octanol–water partition coefficient (Wildman–Crippen LogP) is 1.08. The largest absolute Gasteiger partial charge is 0.341 e. The van der Waals surface area contributed by atoms with Gasteiger partial charge in [-0.25, -0.2) is 15.0 Å². The Bertz CT molecular complexity index is 456. The minimum atomic E-state index is 0.602. The van der Waals surface area contributed by atoms with Crippen LogP contribution in [0.4, 0.5) is 0 Å². The third-order valence-corrected chi connectivity index (χ3v) is 2.37. The van der Waals surface area contributed by atoms with Gasteiger partial charge >= 0.3 is 0 Å². The van der Waals surface area contributed by atoms with Gasteiger partial charge in [0.1, 0.15) is 16.9 Å². The van der Waals surface area contributed by atoms with Crippen LogP contribution < -0.4 is 0 Å². The van der Waals surface area contributed by atoms with Crippen LogP contribution in [0, 0.1) is 12.3 Å². The molecule has 0 unspecified atom stereocenters. The van der Waals surface area contributed by atoms with Crippen LogP contribution in [0.5, 0.6) is 0 Å². The van der Waals surface area contributed by atoms with Gasteiger partial charge in [-0.05, 0) is 0 Å². The van der Waals surface area contributed by atoms with Crippen LogP contribution in [-0.2, 0) is 0 Å². The molecule has 13 heavy (non-hydrogen) atoms.